The van der Waals surface area contributed by atoms with Crippen LogP contribution < -0.4 is 5.32 Å². The zero-order valence-electron chi connectivity index (χ0n) is 14.5. The summed E-state index contributed by atoms with van der Waals surface area (Å²) in [5, 5.41) is 2.62. The van der Waals surface area contributed by atoms with Crippen molar-refractivity contribution in [2.24, 2.45) is 0 Å². The minimum atomic E-state index is -4.40. The molecule has 1 heterocycles. The van der Waals surface area contributed by atoms with E-state index in [1.54, 1.807) is 17.0 Å². The van der Waals surface area contributed by atoms with E-state index in [1.165, 1.54) is 24.3 Å². The van der Waals surface area contributed by atoms with Crippen molar-refractivity contribution in [3.63, 3.8) is 0 Å². The van der Waals surface area contributed by atoms with Crippen molar-refractivity contribution in [1.29, 1.82) is 0 Å². The van der Waals surface area contributed by atoms with Crippen LogP contribution in [-0.4, -0.2) is 42.0 Å². The number of carbonyl (C=O) groups excluding carboxylic acids is 1. The maximum Gasteiger partial charge on any atom is 0.416 e. The highest BCUT2D eigenvalue weighted by Gasteiger charge is 2.30. The predicted molar refractivity (Wildman–Crippen MR) is 93.7 cm³/mol. The Bertz CT molecular complexity index is 767. The molecule has 144 valence electrons. The number of alkyl halides is 3. The number of urea groups is 1. The normalized spacial score (nSPS) is 15.6. The molecule has 1 fully saturated rings. The molecule has 0 saturated carbocycles. The Hall–Kier alpha value is -2.61. The Morgan fingerprint density at radius 1 is 0.926 bits per heavy atom. The van der Waals surface area contributed by atoms with Gasteiger partial charge in [-0.3, -0.25) is 4.90 Å². The van der Waals surface area contributed by atoms with Gasteiger partial charge in [0.25, 0.3) is 0 Å². The molecule has 0 aromatic heterocycles. The van der Waals surface area contributed by atoms with Gasteiger partial charge < -0.3 is 10.2 Å². The second-order valence-corrected chi connectivity index (χ2v) is 6.39. The molecule has 1 aliphatic heterocycles. The van der Waals surface area contributed by atoms with Gasteiger partial charge in [-0.2, -0.15) is 13.2 Å². The third-order valence-corrected chi connectivity index (χ3v) is 4.44. The summed E-state index contributed by atoms with van der Waals surface area (Å²) in [6, 6.07) is 10.3. The van der Waals surface area contributed by atoms with Gasteiger partial charge in [0, 0.05) is 38.4 Å². The summed E-state index contributed by atoms with van der Waals surface area (Å²) < 4.78 is 50.6. The fourth-order valence-corrected chi connectivity index (χ4v) is 2.90. The van der Waals surface area contributed by atoms with Crippen molar-refractivity contribution in [3.8, 4) is 0 Å². The van der Waals surface area contributed by atoms with Gasteiger partial charge in [-0.1, -0.05) is 12.1 Å². The predicted octanol–water partition coefficient (Wildman–Crippen LogP) is 4.19. The number of benzene rings is 2. The molecule has 1 N–H and O–H groups in total. The first kappa shape index (κ1) is 19.2. The third kappa shape index (κ3) is 5.19. The number of halogens is 4. The van der Waals surface area contributed by atoms with Gasteiger partial charge in [0.1, 0.15) is 5.82 Å². The second-order valence-electron chi connectivity index (χ2n) is 6.39. The SMILES string of the molecule is O=C(Nc1ccc(C(F)(F)F)cc1)N1CCN(Cc2ccc(F)cc2)CC1. The van der Waals surface area contributed by atoms with Crippen LogP contribution in [0, 0.1) is 5.82 Å². The molecule has 1 aliphatic rings. The van der Waals surface area contributed by atoms with E-state index in [2.05, 4.69) is 10.2 Å². The van der Waals surface area contributed by atoms with E-state index in [4.69, 9.17) is 0 Å². The smallest absolute Gasteiger partial charge is 0.322 e. The lowest BCUT2D eigenvalue weighted by molar-refractivity contribution is -0.137. The molecule has 4 nitrogen and oxygen atoms in total. The number of carbonyl (C=O) groups is 1. The minimum absolute atomic E-state index is 0.275. The van der Waals surface area contributed by atoms with Crippen LogP contribution in [0.4, 0.5) is 28.0 Å². The van der Waals surface area contributed by atoms with E-state index in [0.717, 1.165) is 17.7 Å². The molecule has 0 unspecified atom stereocenters. The van der Waals surface area contributed by atoms with E-state index in [9.17, 15) is 22.4 Å². The van der Waals surface area contributed by atoms with Gasteiger partial charge in [0.15, 0.2) is 0 Å². The number of piperazine rings is 1. The summed E-state index contributed by atoms with van der Waals surface area (Å²) >= 11 is 0. The average molecular weight is 381 g/mol. The highest BCUT2D eigenvalue weighted by Crippen LogP contribution is 2.29. The largest absolute Gasteiger partial charge is 0.416 e. The molecule has 8 heteroatoms. The fourth-order valence-electron chi connectivity index (χ4n) is 2.90. The summed E-state index contributed by atoms with van der Waals surface area (Å²) in [6.07, 6.45) is -4.40. The summed E-state index contributed by atoms with van der Waals surface area (Å²) in [4.78, 5) is 16.1. The first-order valence-corrected chi connectivity index (χ1v) is 8.51. The summed E-state index contributed by atoms with van der Waals surface area (Å²) in [6.45, 7) is 3.02. The summed E-state index contributed by atoms with van der Waals surface area (Å²) in [5.74, 6) is -0.275. The molecule has 0 atom stereocenters. The standard InChI is InChI=1S/C19H19F4N3O/c20-16-5-1-14(2-6-16)13-25-9-11-26(12-10-25)18(27)24-17-7-3-15(4-8-17)19(21,22)23/h1-8H,9-13H2,(H,24,27). The summed E-state index contributed by atoms with van der Waals surface area (Å²) in [5.41, 5.74) is 0.565. The van der Waals surface area contributed by atoms with Gasteiger partial charge in [-0.15, -0.1) is 0 Å². The molecule has 1 saturated heterocycles. The molecule has 27 heavy (non-hydrogen) atoms. The molecular formula is C19H19F4N3O. The number of nitrogens with one attached hydrogen (secondary N) is 1. The van der Waals surface area contributed by atoms with Crippen molar-refractivity contribution >= 4 is 11.7 Å². The van der Waals surface area contributed by atoms with Gasteiger partial charge in [0.05, 0.1) is 5.56 Å². The van der Waals surface area contributed by atoms with E-state index < -0.39 is 11.7 Å². The van der Waals surface area contributed by atoms with Crippen LogP contribution in [0.25, 0.3) is 0 Å². The van der Waals surface area contributed by atoms with Crippen molar-refractivity contribution in [3.05, 3.63) is 65.5 Å². The number of amides is 2. The highest BCUT2D eigenvalue weighted by molar-refractivity contribution is 5.89. The first-order chi connectivity index (χ1) is 12.8. The zero-order valence-corrected chi connectivity index (χ0v) is 14.5. The van der Waals surface area contributed by atoms with Crippen molar-refractivity contribution in [1.82, 2.24) is 9.80 Å². The quantitative estimate of drug-likeness (QED) is 0.809. The van der Waals surface area contributed by atoms with E-state index in [0.29, 0.717) is 38.4 Å². The Balaban J connectivity index is 1.49. The van der Waals surface area contributed by atoms with Crippen LogP contribution in [0.1, 0.15) is 11.1 Å². The van der Waals surface area contributed by atoms with Crippen LogP contribution in [0.15, 0.2) is 48.5 Å². The molecule has 2 aromatic carbocycles. The average Bonchev–Trinajstić information content (AvgIpc) is 2.64. The highest BCUT2D eigenvalue weighted by atomic mass is 19.4. The van der Waals surface area contributed by atoms with Crippen LogP contribution in [0.2, 0.25) is 0 Å². The van der Waals surface area contributed by atoms with Crippen LogP contribution in [-0.2, 0) is 12.7 Å². The third-order valence-electron chi connectivity index (χ3n) is 4.44. The molecular weight excluding hydrogens is 362 g/mol. The van der Waals surface area contributed by atoms with E-state index in [1.807, 2.05) is 0 Å². The number of rotatable bonds is 3. The minimum Gasteiger partial charge on any atom is -0.322 e. The zero-order chi connectivity index (χ0) is 19.4. The van der Waals surface area contributed by atoms with Gasteiger partial charge in [-0.25, -0.2) is 9.18 Å². The Morgan fingerprint density at radius 3 is 2.07 bits per heavy atom. The molecule has 2 amide bonds. The number of hydrogen-bond donors (Lipinski definition) is 1. The van der Waals surface area contributed by atoms with E-state index in [-0.39, 0.29) is 11.8 Å². The second kappa shape index (κ2) is 7.96. The lowest BCUT2D eigenvalue weighted by atomic mass is 10.2. The van der Waals surface area contributed by atoms with Gasteiger partial charge in [0.2, 0.25) is 0 Å². The molecule has 0 aliphatic carbocycles. The molecule has 0 bridgehead atoms. The lowest BCUT2D eigenvalue weighted by Crippen LogP contribution is -2.49. The summed E-state index contributed by atoms with van der Waals surface area (Å²) in [7, 11) is 0. The van der Waals surface area contributed by atoms with Crippen molar-refractivity contribution in [2.75, 3.05) is 31.5 Å². The fraction of sp³-hybridized carbons (Fsp3) is 0.316. The maximum absolute atomic E-state index is 12.9. The molecule has 3 rings (SSSR count). The monoisotopic (exact) mass is 381 g/mol. The lowest BCUT2D eigenvalue weighted by Gasteiger charge is -2.34. The number of anilines is 1. The molecule has 2 aromatic rings. The van der Waals surface area contributed by atoms with Crippen LogP contribution in [0.3, 0.4) is 0 Å². The van der Waals surface area contributed by atoms with E-state index >= 15 is 0 Å². The topological polar surface area (TPSA) is 35.6 Å². The van der Waals surface area contributed by atoms with Gasteiger partial charge in [-0.05, 0) is 42.0 Å². The Morgan fingerprint density at radius 2 is 1.52 bits per heavy atom. The van der Waals surface area contributed by atoms with Crippen molar-refractivity contribution in [2.45, 2.75) is 12.7 Å². The maximum atomic E-state index is 12.9. The first-order valence-electron chi connectivity index (χ1n) is 8.51. The molecule has 0 spiro atoms. The Kier molecular flexibility index (Phi) is 5.65. The van der Waals surface area contributed by atoms with Crippen LogP contribution in [0.5, 0.6) is 0 Å². The van der Waals surface area contributed by atoms with Crippen LogP contribution >= 0.6 is 0 Å². The number of nitrogens with zero attached hydrogens (tertiary/aromatic N) is 2. The Labute approximate surface area is 154 Å². The van der Waals surface area contributed by atoms with Gasteiger partial charge >= 0.3 is 12.2 Å². The number of hydrogen-bond acceptors (Lipinski definition) is 2. The van der Waals surface area contributed by atoms with Crippen molar-refractivity contribution < 1.29 is 22.4 Å². The molecule has 0 radical (unpaired) electrons.